The van der Waals surface area contributed by atoms with E-state index >= 15 is 0 Å². The van der Waals surface area contributed by atoms with Gasteiger partial charge in [0.15, 0.2) is 0 Å². The maximum absolute atomic E-state index is 11.8. The number of hydrogen-bond donors (Lipinski definition) is 2. The average Bonchev–Trinajstić information content (AvgIpc) is 2.36. The minimum atomic E-state index is -0.425. The van der Waals surface area contributed by atoms with Gasteiger partial charge in [-0.3, -0.25) is 4.79 Å². The van der Waals surface area contributed by atoms with Gasteiger partial charge in [0.1, 0.15) is 17.9 Å². The highest BCUT2D eigenvalue weighted by Crippen LogP contribution is 2.10. The number of nitrogens with zero attached hydrogens (tertiary/aromatic N) is 2. The molecule has 0 fully saturated rings. The van der Waals surface area contributed by atoms with E-state index in [0.717, 1.165) is 0 Å². The molecule has 0 bridgehead atoms. The molecule has 0 saturated carbocycles. The molecular weight excluding hydrogens is 228 g/mol. The highest BCUT2D eigenvalue weighted by Gasteiger charge is 2.14. The highest BCUT2D eigenvalue weighted by atomic mass is 16.2. The summed E-state index contributed by atoms with van der Waals surface area (Å²) in [6.45, 7) is 6.44. The van der Waals surface area contributed by atoms with E-state index in [1.165, 1.54) is 0 Å². The molecule has 1 heterocycles. The molecule has 1 unspecified atom stereocenters. The van der Waals surface area contributed by atoms with Crippen molar-refractivity contribution >= 4 is 11.7 Å². The Morgan fingerprint density at radius 3 is 2.83 bits per heavy atom. The van der Waals surface area contributed by atoms with E-state index in [9.17, 15) is 4.79 Å². The average molecular weight is 246 g/mol. The fraction of sp³-hybridized carbons (Fsp3) is 0.462. The molecule has 1 atom stereocenters. The van der Waals surface area contributed by atoms with Crippen LogP contribution in [0, 0.1) is 17.2 Å². The molecule has 0 radical (unpaired) electrons. The molecule has 2 N–H and O–H groups in total. The number of nitriles is 1. The van der Waals surface area contributed by atoms with Gasteiger partial charge >= 0.3 is 0 Å². The first kappa shape index (κ1) is 14.0. The van der Waals surface area contributed by atoms with Gasteiger partial charge in [-0.05, 0) is 25.0 Å². The zero-order chi connectivity index (χ0) is 13.5. The number of anilines is 1. The number of pyridine rings is 1. The summed E-state index contributed by atoms with van der Waals surface area (Å²) in [6.07, 6.45) is 1.59. The fourth-order valence-electron chi connectivity index (χ4n) is 1.34. The number of amides is 1. The summed E-state index contributed by atoms with van der Waals surface area (Å²) in [5.74, 6) is 0.746. The minimum Gasteiger partial charge on any atom is -0.358 e. The third-order valence-electron chi connectivity index (χ3n) is 2.36. The van der Waals surface area contributed by atoms with Crippen LogP contribution in [0.2, 0.25) is 0 Å². The van der Waals surface area contributed by atoms with Crippen LogP contribution in [0.1, 0.15) is 26.3 Å². The molecule has 5 nitrogen and oxygen atoms in total. The first-order valence-electron chi connectivity index (χ1n) is 5.94. The lowest BCUT2D eigenvalue weighted by Gasteiger charge is -2.16. The van der Waals surface area contributed by atoms with E-state index in [4.69, 9.17) is 5.26 Å². The molecule has 0 aliphatic rings. The van der Waals surface area contributed by atoms with Crippen LogP contribution in [0.5, 0.6) is 0 Å². The Balaban J connectivity index is 2.61. The first-order chi connectivity index (χ1) is 8.54. The fourth-order valence-corrected chi connectivity index (χ4v) is 1.34. The van der Waals surface area contributed by atoms with Crippen molar-refractivity contribution in [1.29, 1.82) is 5.26 Å². The van der Waals surface area contributed by atoms with Crippen LogP contribution >= 0.6 is 0 Å². The predicted molar refractivity (Wildman–Crippen MR) is 69.9 cm³/mol. The quantitative estimate of drug-likeness (QED) is 0.825. The number of carbonyl (C=O) groups is 1. The molecule has 1 rings (SSSR count). The second kappa shape index (κ2) is 6.60. The normalized spacial score (nSPS) is 11.7. The number of carbonyl (C=O) groups excluding carboxylic acids is 1. The summed E-state index contributed by atoms with van der Waals surface area (Å²) >= 11 is 0. The van der Waals surface area contributed by atoms with Crippen molar-refractivity contribution in [1.82, 2.24) is 10.3 Å². The molecule has 0 aliphatic carbocycles. The van der Waals surface area contributed by atoms with Crippen LogP contribution in [-0.4, -0.2) is 23.5 Å². The van der Waals surface area contributed by atoms with Crippen molar-refractivity contribution < 1.29 is 4.79 Å². The molecule has 5 heteroatoms. The largest absolute Gasteiger partial charge is 0.358 e. The molecule has 0 aromatic carbocycles. The van der Waals surface area contributed by atoms with Crippen molar-refractivity contribution in [3.8, 4) is 6.07 Å². The maximum Gasteiger partial charge on any atom is 0.242 e. The first-order valence-corrected chi connectivity index (χ1v) is 5.94. The summed E-state index contributed by atoms with van der Waals surface area (Å²) in [5.41, 5.74) is 0.431. The zero-order valence-corrected chi connectivity index (χ0v) is 10.9. The Labute approximate surface area is 107 Å². The Kier molecular flexibility index (Phi) is 5.12. The van der Waals surface area contributed by atoms with Crippen molar-refractivity contribution in [2.75, 3.05) is 11.9 Å². The summed E-state index contributed by atoms with van der Waals surface area (Å²) < 4.78 is 0. The molecule has 1 amide bonds. The predicted octanol–water partition coefficient (Wildman–Crippen LogP) is 1.53. The minimum absolute atomic E-state index is 0.0988. The summed E-state index contributed by atoms with van der Waals surface area (Å²) in [7, 11) is 0. The van der Waals surface area contributed by atoms with E-state index in [2.05, 4.69) is 15.6 Å². The maximum atomic E-state index is 11.8. The van der Waals surface area contributed by atoms with Crippen molar-refractivity contribution in [2.45, 2.75) is 26.8 Å². The molecule has 1 aromatic heterocycles. The number of hydrogen-bond acceptors (Lipinski definition) is 4. The Morgan fingerprint density at radius 1 is 1.50 bits per heavy atom. The summed E-state index contributed by atoms with van der Waals surface area (Å²) in [5, 5.41) is 14.7. The lowest BCUT2D eigenvalue weighted by atomic mass is 10.2. The molecular formula is C13H18N4O. The van der Waals surface area contributed by atoms with Gasteiger partial charge in [0.25, 0.3) is 0 Å². The van der Waals surface area contributed by atoms with E-state index in [1.54, 1.807) is 25.3 Å². The molecule has 0 saturated heterocycles. The number of nitrogens with one attached hydrogen (secondary N) is 2. The molecule has 1 aromatic rings. The monoisotopic (exact) mass is 246 g/mol. The summed E-state index contributed by atoms with van der Waals surface area (Å²) in [4.78, 5) is 15.8. The van der Waals surface area contributed by atoms with Gasteiger partial charge in [0.05, 0.1) is 5.56 Å². The van der Waals surface area contributed by atoms with Gasteiger partial charge in [0, 0.05) is 12.7 Å². The topological polar surface area (TPSA) is 77.8 Å². The van der Waals surface area contributed by atoms with Crippen LogP contribution in [0.3, 0.4) is 0 Å². The van der Waals surface area contributed by atoms with Crippen LogP contribution in [0.15, 0.2) is 18.3 Å². The van der Waals surface area contributed by atoms with Crippen LogP contribution in [-0.2, 0) is 4.79 Å². The lowest BCUT2D eigenvalue weighted by molar-refractivity contribution is -0.121. The zero-order valence-electron chi connectivity index (χ0n) is 10.9. The number of aromatic nitrogens is 1. The third-order valence-corrected chi connectivity index (χ3v) is 2.36. The van der Waals surface area contributed by atoms with Crippen LogP contribution < -0.4 is 10.6 Å². The van der Waals surface area contributed by atoms with Crippen molar-refractivity contribution in [3.63, 3.8) is 0 Å². The van der Waals surface area contributed by atoms with E-state index in [0.29, 0.717) is 23.8 Å². The highest BCUT2D eigenvalue weighted by molar-refractivity contribution is 5.84. The van der Waals surface area contributed by atoms with E-state index < -0.39 is 6.04 Å². The van der Waals surface area contributed by atoms with Gasteiger partial charge in [0.2, 0.25) is 5.91 Å². The Morgan fingerprint density at radius 2 is 2.22 bits per heavy atom. The smallest absolute Gasteiger partial charge is 0.242 e. The second-order valence-electron chi connectivity index (χ2n) is 4.52. The van der Waals surface area contributed by atoms with E-state index in [-0.39, 0.29) is 5.91 Å². The van der Waals surface area contributed by atoms with Gasteiger partial charge in [-0.2, -0.15) is 5.26 Å². The molecule has 0 spiro atoms. The number of rotatable bonds is 5. The lowest BCUT2D eigenvalue weighted by Crippen LogP contribution is -2.39. The van der Waals surface area contributed by atoms with Crippen LogP contribution in [0.4, 0.5) is 5.82 Å². The third kappa shape index (κ3) is 4.06. The molecule has 96 valence electrons. The van der Waals surface area contributed by atoms with Crippen LogP contribution in [0.25, 0.3) is 0 Å². The molecule has 0 aliphatic heterocycles. The van der Waals surface area contributed by atoms with Gasteiger partial charge < -0.3 is 10.6 Å². The van der Waals surface area contributed by atoms with Gasteiger partial charge in [-0.15, -0.1) is 0 Å². The Bertz CT molecular complexity index is 451. The van der Waals surface area contributed by atoms with Crippen molar-refractivity contribution in [2.24, 2.45) is 5.92 Å². The summed E-state index contributed by atoms with van der Waals surface area (Å²) in [6, 6.07) is 4.96. The van der Waals surface area contributed by atoms with Gasteiger partial charge in [-0.1, -0.05) is 13.8 Å². The van der Waals surface area contributed by atoms with Crippen molar-refractivity contribution in [3.05, 3.63) is 23.9 Å². The Hall–Kier alpha value is -2.09. The second-order valence-corrected chi connectivity index (χ2v) is 4.52. The SMILES string of the molecule is CC(C)CNC(=O)C(C)Nc1ncccc1C#N. The van der Waals surface area contributed by atoms with Gasteiger partial charge in [-0.25, -0.2) is 4.98 Å². The molecule has 18 heavy (non-hydrogen) atoms. The standard InChI is InChI=1S/C13H18N4O/c1-9(2)8-16-13(18)10(3)17-12-11(7-14)5-4-6-15-12/h4-6,9-10H,8H2,1-3H3,(H,15,17)(H,16,18). The van der Waals surface area contributed by atoms with E-state index in [1.807, 2.05) is 19.9 Å².